The number of hydrogen-bond donors (Lipinski definition) is 1. The molecule has 1 heterocycles. The molecule has 4 nitrogen and oxygen atoms in total. The van der Waals surface area contributed by atoms with Gasteiger partial charge in [-0.2, -0.15) is 5.10 Å². The first-order chi connectivity index (χ1) is 6.15. The molecule has 2 atom stereocenters. The average molecular weight is 183 g/mol. The van der Waals surface area contributed by atoms with Crippen LogP contribution in [0.3, 0.4) is 0 Å². The molecule has 0 radical (unpaired) electrons. The Labute approximate surface area is 78.9 Å². The Bertz CT molecular complexity index is 235. The number of amidine groups is 1. The van der Waals surface area contributed by atoms with Gasteiger partial charge in [0.2, 0.25) is 0 Å². The summed E-state index contributed by atoms with van der Waals surface area (Å²) in [4.78, 5) is 0. The lowest BCUT2D eigenvalue weighted by atomic mass is 9.91. The van der Waals surface area contributed by atoms with E-state index in [0.29, 0.717) is 24.3 Å². The van der Waals surface area contributed by atoms with Gasteiger partial charge < -0.3 is 10.5 Å². The van der Waals surface area contributed by atoms with Gasteiger partial charge in [-0.25, -0.2) is 0 Å². The van der Waals surface area contributed by atoms with Crippen molar-refractivity contribution in [3.8, 4) is 0 Å². The van der Waals surface area contributed by atoms with E-state index in [1.807, 2.05) is 0 Å². The van der Waals surface area contributed by atoms with Crippen molar-refractivity contribution in [2.45, 2.75) is 20.3 Å². The predicted molar refractivity (Wildman–Crippen MR) is 53.9 cm³/mol. The van der Waals surface area contributed by atoms with Crippen molar-refractivity contribution in [2.75, 3.05) is 13.7 Å². The summed E-state index contributed by atoms with van der Waals surface area (Å²) in [6.07, 6.45) is 0.812. The van der Waals surface area contributed by atoms with Crippen molar-refractivity contribution in [3.63, 3.8) is 0 Å². The second-order valence-electron chi connectivity index (χ2n) is 3.58. The molecule has 74 valence electrons. The summed E-state index contributed by atoms with van der Waals surface area (Å²) in [5.74, 6) is 1.35. The zero-order chi connectivity index (χ0) is 9.84. The van der Waals surface area contributed by atoms with Gasteiger partial charge in [0.1, 0.15) is 5.84 Å². The standard InChI is InChI=1S/C9H17N3O/c1-6-4-8(10)11-12-9(6)7(2)5-13-3/h6-7H,4-5H2,1-3H3,(H2,10,11). The maximum Gasteiger partial charge on any atom is 0.123 e. The van der Waals surface area contributed by atoms with Crippen molar-refractivity contribution in [1.82, 2.24) is 0 Å². The average Bonchev–Trinajstić information content (AvgIpc) is 2.04. The van der Waals surface area contributed by atoms with Crippen LogP contribution in [0, 0.1) is 11.8 Å². The number of methoxy groups -OCH3 is 1. The predicted octanol–water partition coefficient (Wildman–Crippen LogP) is 1.02. The normalized spacial score (nSPS) is 25.0. The van der Waals surface area contributed by atoms with Gasteiger partial charge in [0.05, 0.1) is 6.61 Å². The van der Waals surface area contributed by atoms with Gasteiger partial charge in [-0.3, -0.25) is 0 Å². The molecule has 0 saturated carbocycles. The van der Waals surface area contributed by atoms with Crippen LogP contribution in [0.5, 0.6) is 0 Å². The van der Waals surface area contributed by atoms with Crippen LogP contribution in [0.25, 0.3) is 0 Å². The SMILES string of the molecule is COCC(C)C1=NN=C(N)CC1C. The fraction of sp³-hybridized carbons (Fsp3) is 0.778. The van der Waals surface area contributed by atoms with Crippen molar-refractivity contribution >= 4 is 11.5 Å². The smallest absolute Gasteiger partial charge is 0.123 e. The van der Waals surface area contributed by atoms with Crippen LogP contribution >= 0.6 is 0 Å². The third-order valence-corrected chi connectivity index (χ3v) is 2.24. The van der Waals surface area contributed by atoms with Crippen molar-refractivity contribution in [1.29, 1.82) is 0 Å². The number of hydrogen-bond acceptors (Lipinski definition) is 4. The van der Waals surface area contributed by atoms with Crippen molar-refractivity contribution < 1.29 is 4.74 Å². The highest BCUT2D eigenvalue weighted by Gasteiger charge is 2.21. The van der Waals surface area contributed by atoms with Gasteiger partial charge >= 0.3 is 0 Å². The van der Waals surface area contributed by atoms with Crippen LogP contribution in [0.15, 0.2) is 10.2 Å². The molecule has 1 rings (SSSR count). The molecule has 0 spiro atoms. The number of rotatable bonds is 3. The van der Waals surface area contributed by atoms with Gasteiger partial charge in [0.15, 0.2) is 0 Å². The molecule has 0 aromatic heterocycles. The van der Waals surface area contributed by atoms with Gasteiger partial charge in [-0.05, 0) is 0 Å². The monoisotopic (exact) mass is 183 g/mol. The fourth-order valence-corrected chi connectivity index (χ4v) is 1.60. The lowest BCUT2D eigenvalue weighted by molar-refractivity contribution is 0.180. The lowest BCUT2D eigenvalue weighted by Crippen LogP contribution is -2.30. The Balaban J connectivity index is 2.67. The molecule has 2 unspecified atom stereocenters. The molecule has 0 bridgehead atoms. The minimum atomic E-state index is 0.330. The summed E-state index contributed by atoms with van der Waals surface area (Å²) in [6.45, 7) is 4.90. The van der Waals surface area contributed by atoms with E-state index in [9.17, 15) is 0 Å². The van der Waals surface area contributed by atoms with E-state index in [0.717, 1.165) is 12.1 Å². The zero-order valence-corrected chi connectivity index (χ0v) is 8.45. The minimum absolute atomic E-state index is 0.330. The van der Waals surface area contributed by atoms with Crippen LogP contribution in [-0.2, 0) is 4.74 Å². The molecule has 0 aromatic rings. The second kappa shape index (κ2) is 4.37. The largest absolute Gasteiger partial charge is 0.386 e. The highest BCUT2D eigenvalue weighted by Crippen LogP contribution is 2.17. The van der Waals surface area contributed by atoms with Crippen LogP contribution in [0.1, 0.15) is 20.3 Å². The maximum atomic E-state index is 5.57. The highest BCUT2D eigenvalue weighted by atomic mass is 16.5. The molecule has 13 heavy (non-hydrogen) atoms. The first-order valence-electron chi connectivity index (χ1n) is 4.53. The van der Waals surface area contributed by atoms with E-state index in [-0.39, 0.29) is 0 Å². The number of nitrogens with two attached hydrogens (primary N) is 1. The summed E-state index contributed by atoms with van der Waals surface area (Å²) in [5.41, 5.74) is 6.67. The molecule has 1 aliphatic rings. The van der Waals surface area contributed by atoms with E-state index in [2.05, 4.69) is 24.1 Å². The Kier molecular flexibility index (Phi) is 3.42. The molecule has 4 heteroatoms. The quantitative estimate of drug-likeness (QED) is 0.710. The first-order valence-corrected chi connectivity index (χ1v) is 4.53. The van der Waals surface area contributed by atoms with Crippen LogP contribution < -0.4 is 5.73 Å². The summed E-state index contributed by atoms with van der Waals surface area (Å²) < 4.78 is 5.07. The van der Waals surface area contributed by atoms with Crippen LogP contribution in [-0.4, -0.2) is 25.3 Å². The maximum absolute atomic E-state index is 5.57. The van der Waals surface area contributed by atoms with E-state index < -0.39 is 0 Å². The third kappa shape index (κ3) is 2.52. The van der Waals surface area contributed by atoms with Gasteiger partial charge in [-0.15, -0.1) is 5.10 Å². The van der Waals surface area contributed by atoms with E-state index in [1.54, 1.807) is 7.11 Å². The molecule has 0 aromatic carbocycles. The molecule has 2 N–H and O–H groups in total. The number of nitrogens with zero attached hydrogens (tertiary/aromatic N) is 2. The molecule has 0 amide bonds. The topological polar surface area (TPSA) is 60.0 Å². The summed E-state index contributed by atoms with van der Waals surface area (Å²) in [5, 5.41) is 8.00. The molecule has 0 saturated heterocycles. The molecular weight excluding hydrogens is 166 g/mol. The Hall–Kier alpha value is -0.900. The molecule has 0 fully saturated rings. The zero-order valence-electron chi connectivity index (χ0n) is 8.45. The van der Waals surface area contributed by atoms with Crippen LogP contribution in [0.4, 0.5) is 0 Å². The molecular formula is C9H17N3O. The Morgan fingerprint density at radius 1 is 1.62 bits per heavy atom. The Morgan fingerprint density at radius 3 is 2.85 bits per heavy atom. The lowest BCUT2D eigenvalue weighted by Gasteiger charge is -2.21. The number of ether oxygens (including phenoxy) is 1. The van der Waals surface area contributed by atoms with Gasteiger partial charge in [-0.1, -0.05) is 13.8 Å². The Morgan fingerprint density at radius 2 is 2.31 bits per heavy atom. The van der Waals surface area contributed by atoms with Crippen LogP contribution in [0.2, 0.25) is 0 Å². The summed E-state index contributed by atoms with van der Waals surface area (Å²) in [6, 6.07) is 0. The molecule has 1 aliphatic heterocycles. The van der Waals surface area contributed by atoms with Gasteiger partial charge in [0.25, 0.3) is 0 Å². The first kappa shape index (κ1) is 10.2. The van der Waals surface area contributed by atoms with E-state index in [4.69, 9.17) is 10.5 Å². The fourth-order valence-electron chi connectivity index (χ4n) is 1.60. The van der Waals surface area contributed by atoms with Crippen molar-refractivity contribution in [3.05, 3.63) is 0 Å². The van der Waals surface area contributed by atoms with E-state index in [1.165, 1.54) is 0 Å². The van der Waals surface area contributed by atoms with Gasteiger partial charge in [0, 0.05) is 31.1 Å². The highest BCUT2D eigenvalue weighted by molar-refractivity contribution is 5.95. The van der Waals surface area contributed by atoms with Crippen molar-refractivity contribution in [2.24, 2.45) is 27.8 Å². The third-order valence-electron chi connectivity index (χ3n) is 2.24. The molecule has 0 aliphatic carbocycles. The second-order valence-corrected chi connectivity index (χ2v) is 3.58. The minimum Gasteiger partial charge on any atom is -0.386 e. The van der Waals surface area contributed by atoms with E-state index >= 15 is 0 Å². The summed E-state index contributed by atoms with van der Waals surface area (Å²) >= 11 is 0. The summed E-state index contributed by atoms with van der Waals surface area (Å²) in [7, 11) is 1.70.